The quantitative estimate of drug-likeness (QED) is 0.415. The number of hydrogen-bond acceptors (Lipinski definition) is 4. The van der Waals surface area contributed by atoms with Crippen molar-refractivity contribution in [1.29, 1.82) is 0 Å². The second-order valence-electron chi connectivity index (χ2n) is 11.6. The summed E-state index contributed by atoms with van der Waals surface area (Å²) in [5.74, 6) is 1.18. The van der Waals surface area contributed by atoms with Crippen LogP contribution in [0.2, 0.25) is 0 Å². The summed E-state index contributed by atoms with van der Waals surface area (Å²) in [7, 11) is 3.75. The van der Waals surface area contributed by atoms with Crippen molar-refractivity contribution < 1.29 is 10.2 Å². The number of fused-ring (bicyclic) bond motifs is 5. The van der Waals surface area contributed by atoms with E-state index in [1.807, 2.05) is 20.3 Å². The number of hydrogen-bond donors (Lipinski definition) is 4. The zero-order valence-electron chi connectivity index (χ0n) is 20.8. The minimum absolute atomic E-state index is 0.0699. The molecule has 3 saturated carbocycles. The highest BCUT2D eigenvalue weighted by Gasteiger charge is 2.65. The van der Waals surface area contributed by atoms with Crippen molar-refractivity contribution in [3.05, 3.63) is 36.0 Å². The van der Waals surface area contributed by atoms with Crippen molar-refractivity contribution in [2.45, 2.75) is 81.3 Å². The molecule has 0 aliphatic heterocycles. The van der Waals surface area contributed by atoms with Crippen molar-refractivity contribution in [2.75, 3.05) is 14.1 Å². The molecule has 2 aromatic rings. The molecular formula is C28H40ClN3O2. The predicted molar refractivity (Wildman–Crippen MR) is 139 cm³/mol. The van der Waals surface area contributed by atoms with Gasteiger partial charge in [-0.1, -0.05) is 19.1 Å². The highest BCUT2D eigenvalue weighted by Crippen LogP contribution is 2.67. The Hall–Kier alpha value is -1.40. The molecule has 1 aromatic carbocycles. The van der Waals surface area contributed by atoms with Crippen LogP contribution in [0.4, 0.5) is 0 Å². The number of nitrogens with one attached hydrogen (secondary N) is 2. The first-order valence-electron chi connectivity index (χ1n) is 13.1. The van der Waals surface area contributed by atoms with Gasteiger partial charge in [-0.15, -0.1) is 11.6 Å². The molecule has 6 unspecified atom stereocenters. The number of alkyl halides is 1. The minimum Gasteiger partial charge on any atom is -0.393 e. The highest BCUT2D eigenvalue weighted by molar-refractivity contribution is 6.25. The Labute approximate surface area is 208 Å². The first kappa shape index (κ1) is 24.3. The molecule has 186 valence electrons. The van der Waals surface area contributed by atoms with Gasteiger partial charge in [-0.2, -0.15) is 5.10 Å². The van der Waals surface area contributed by atoms with Gasteiger partial charge in [0.15, 0.2) is 0 Å². The van der Waals surface area contributed by atoms with Crippen LogP contribution >= 0.6 is 11.6 Å². The van der Waals surface area contributed by atoms with Crippen molar-refractivity contribution in [1.82, 2.24) is 15.5 Å². The van der Waals surface area contributed by atoms with Crippen LogP contribution in [0, 0.1) is 23.2 Å². The van der Waals surface area contributed by atoms with Crippen molar-refractivity contribution in [3.8, 4) is 0 Å². The predicted octanol–water partition coefficient (Wildman–Crippen LogP) is 5.27. The molecule has 0 saturated heterocycles. The van der Waals surface area contributed by atoms with Gasteiger partial charge in [-0.05, 0) is 112 Å². The lowest BCUT2D eigenvalue weighted by molar-refractivity contribution is -0.118. The number of halogens is 1. The summed E-state index contributed by atoms with van der Waals surface area (Å²) in [5, 5.41) is 33.7. The monoisotopic (exact) mass is 485 g/mol. The van der Waals surface area contributed by atoms with Crippen LogP contribution in [-0.2, 0) is 0 Å². The Morgan fingerprint density at radius 3 is 2.71 bits per heavy atom. The Kier molecular flexibility index (Phi) is 6.37. The molecule has 1 aromatic heterocycles. The summed E-state index contributed by atoms with van der Waals surface area (Å²) < 4.78 is 0. The SMILES string of the molecule is CC12CCC3(Cl)CC4CC(O)CCC4CC[C@]3(O)C1CC=C2c1ccc2[nH]ncc2c1.CNC. The number of aliphatic hydroxyl groups excluding tert-OH is 1. The van der Waals surface area contributed by atoms with E-state index in [-0.39, 0.29) is 17.4 Å². The van der Waals surface area contributed by atoms with Gasteiger partial charge < -0.3 is 15.5 Å². The number of aliphatic hydroxyl groups is 2. The molecule has 5 nitrogen and oxygen atoms in total. The van der Waals surface area contributed by atoms with Gasteiger partial charge in [0.2, 0.25) is 0 Å². The largest absolute Gasteiger partial charge is 0.393 e. The second-order valence-corrected chi connectivity index (χ2v) is 12.3. The zero-order valence-corrected chi connectivity index (χ0v) is 21.5. The smallest absolute Gasteiger partial charge is 0.0878 e. The maximum Gasteiger partial charge on any atom is 0.0878 e. The van der Waals surface area contributed by atoms with Gasteiger partial charge in [0.1, 0.15) is 0 Å². The normalized spacial score (nSPS) is 41.4. The number of aromatic nitrogens is 2. The Morgan fingerprint density at radius 1 is 1.12 bits per heavy atom. The number of allylic oxidation sites excluding steroid dienone is 2. The first-order valence-corrected chi connectivity index (χ1v) is 13.4. The molecule has 0 bridgehead atoms. The summed E-state index contributed by atoms with van der Waals surface area (Å²) in [5.41, 5.74) is 2.74. The molecule has 34 heavy (non-hydrogen) atoms. The molecule has 1 heterocycles. The molecule has 3 fully saturated rings. The van der Waals surface area contributed by atoms with Crippen LogP contribution in [0.5, 0.6) is 0 Å². The van der Waals surface area contributed by atoms with Crippen LogP contribution in [-0.4, -0.2) is 51.1 Å². The Bertz CT molecular complexity index is 1070. The van der Waals surface area contributed by atoms with Crippen LogP contribution in [0.25, 0.3) is 16.5 Å². The Morgan fingerprint density at radius 2 is 1.91 bits per heavy atom. The number of H-pyrrole nitrogens is 1. The highest BCUT2D eigenvalue weighted by atomic mass is 35.5. The lowest BCUT2D eigenvalue weighted by Gasteiger charge is -2.57. The summed E-state index contributed by atoms with van der Waals surface area (Å²) in [4.78, 5) is -0.578. The third kappa shape index (κ3) is 3.75. The number of aromatic amines is 1. The first-order chi connectivity index (χ1) is 16.2. The van der Waals surface area contributed by atoms with E-state index in [4.69, 9.17) is 11.6 Å². The van der Waals surface area contributed by atoms with Gasteiger partial charge >= 0.3 is 0 Å². The number of rotatable bonds is 1. The summed E-state index contributed by atoms with van der Waals surface area (Å²) >= 11 is 7.41. The van der Waals surface area contributed by atoms with E-state index < -0.39 is 10.5 Å². The van der Waals surface area contributed by atoms with Gasteiger partial charge in [-0.3, -0.25) is 5.10 Å². The standard InChI is InChI=1S/C26H33ClN2O2.C2H7N/c1-24-10-11-25(27)14-18-13-20(30)4-2-16(18)8-9-26(25,31)23(24)7-5-21(24)17-3-6-22-19(12-17)15-28-29-22;1-3-2/h3,5-6,12,15-16,18,20,23,30-31H,2,4,7-11,13-14H2,1H3,(H,28,29);3H,1-2H3/t16?,18?,20?,23?,24?,25?,26-;/m0./s1. The van der Waals surface area contributed by atoms with E-state index in [1.54, 1.807) is 0 Å². The van der Waals surface area contributed by atoms with Crippen LogP contribution in [0.1, 0.15) is 70.3 Å². The van der Waals surface area contributed by atoms with E-state index in [0.717, 1.165) is 68.7 Å². The molecule has 0 spiro atoms. The lowest BCUT2D eigenvalue weighted by atomic mass is 9.53. The molecule has 6 rings (SSSR count). The molecule has 0 amide bonds. The summed E-state index contributed by atoms with van der Waals surface area (Å²) in [6, 6.07) is 6.53. The van der Waals surface area contributed by atoms with Gasteiger partial charge in [0, 0.05) is 11.3 Å². The van der Waals surface area contributed by atoms with Crippen molar-refractivity contribution in [3.63, 3.8) is 0 Å². The molecule has 4 aliphatic carbocycles. The van der Waals surface area contributed by atoms with E-state index in [9.17, 15) is 10.2 Å². The van der Waals surface area contributed by atoms with Crippen LogP contribution in [0.15, 0.2) is 30.5 Å². The van der Waals surface area contributed by atoms with E-state index in [1.165, 1.54) is 11.1 Å². The molecule has 7 atom stereocenters. The molecular weight excluding hydrogens is 446 g/mol. The van der Waals surface area contributed by atoms with E-state index in [0.29, 0.717) is 11.8 Å². The maximum atomic E-state index is 12.3. The molecule has 0 radical (unpaired) electrons. The molecule has 4 N–H and O–H groups in total. The minimum atomic E-state index is -0.859. The van der Waals surface area contributed by atoms with Crippen molar-refractivity contribution in [2.24, 2.45) is 23.2 Å². The van der Waals surface area contributed by atoms with Crippen LogP contribution < -0.4 is 5.32 Å². The zero-order chi connectivity index (χ0) is 24.1. The fourth-order valence-electron chi connectivity index (χ4n) is 7.92. The van der Waals surface area contributed by atoms with Crippen LogP contribution in [0.3, 0.4) is 0 Å². The third-order valence-corrected chi connectivity index (χ3v) is 10.4. The van der Waals surface area contributed by atoms with E-state index >= 15 is 0 Å². The third-order valence-electron chi connectivity index (χ3n) is 9.68. The second kappa shape index (κ2) is 8.92. The topological polar surface area (TPSA) is 81.2 Å². The number of benzene rings is 1. The Balaban J connectivity index is 0.000000764. The average Bonchev–Trinajstić information content (AvgIpc) is 3.38. The summed E-state index contributed by atoms with van der Waals surface area (Å²) in [6.45, 7) is 2.35. The van der Waals surface area contributed by atoms with E-state index in [2.05, 4.69) is 46.7 Å². The number of nitrogens with zero attached hydrogens (tertiary/aromatic N) is 1. The van der Waals surface area contributed by atoms with Gasteiger partial charge in [0.05, 0.1) is 28.3 Å². The summed E-state index contributed by atoms with van der Waals surface area (Å²) in [6.07, 6.45) is 12.3. The average molecular weight is 486 g/mol. The lowest BCUT2D eigenvalue weighted by Crippen LogP contribution is -2.62. The maximum absolute atomic E-state index is 12.3. The van der Waals surface area contributed by atoms with Gasteiger partial charge in [0.25, 0.3) is 0 Å². The fourth-order valence-corrected chi connectivity index (χ4v) is 8.44. The molecule has 4 aliphatic rings. The van der Waals surface area contributed by atoms with Crippen molar-refractivity contribution >= 4 is 28.1 Å². The molecule has 6 heteroatoms. The van der Waals surface area contributed by atoms with Gasteiger partial charge in [-0.25, -0.2) is 0 Å². The fraction of sp³-hybridized carbons (Fsp3) is 0.679.